The summed E-state index contributed by atoms with van der Waals surface area (Å²) in [5.41, 5.74) is 2.40. The highest BCUT2D eigenvalue weighted by molar-refractivity contribution is 7.99. The van der Waals surface area contributed by atoms with Crippen LogP contribution >= 0.6 is 11.8 Å². The van der Waals surface area contributed by atoms with Gasteiger partial charge in [0.2, 0.25) is 5.91 Å². The van der Waals surface area contributed by atoms with E-state index in [0.29, 0.717) is 41.1 Å². The van der Waals surface area contributed by atoms with Gasteiger partial charge >= 0.3 is 0 Å². The standard InChI is InChI=1S/C30H32N6O4S/c1-39-24-14-12-22(13-15-24)29(38)31-20-27-32-33-30(36(27)25-10-6-7-11-26(25)40-2)41-21-28(37)35-18-16-34(17-19-35)23-8-4-3-5-9-23/h3-15H,16-21H2,1-2H3,(H,31,38). The van der Waals surface area contributed by atoms with Crippen LogP contribution in [0, 0.1) is 0 Å². The highest BCUT2D eigenvalue weighted by Gasteiger charge is 2.24. The number of aromatic nitrogens is 3. The topological polar surface area (TPSA) is 102 Å². The summed E-state index contributed by atoms with van der Waals surface area (Å²) in [5, 5.41) is 12.2. The Labute approximate surface area is 243 Å². The van der Waals surface area contributed by atoms with Crippen LogP contribution in [0.4, 0.5) is 5.69 Å². The van der Waals surface area contributed by atoms with E-state index in [0.717, 1.165) is 18.8 Å². The lowest BCUT2D eigenvalue weighted by atomic mass is 10.2. The smallest absolute Gasteiger partial charge is 0.251 e. The second-order valence-corrected chi connectivity index (χ2v) is 10.3. The van der Waals surface area contributed by atoms with E-state index in [1.807, 2.05) is 51.9 Å². The van der Waals surface area contributed by atoms with Gasteiger partial charge in [0.25, 0.3) is 5.91 Å². The fraction of sp³-hybridized carbons (Fsp3) is 0.267. The molecule has 11 heteroatoms. The van der Waals surface area contributed by atoms with Crippen LogP contribution in [0.15, 0.2) is 84.0 Å². The van der Waals surface area contributed by atoms with Gasteiger partial charge in [-0.05, 0) is 48.5 Å². The van der Waals surface area contributed by atoms with Gasteiger partial charge in [-0.1, -0.05) is 42.1 Å². The zero-order chi connectivity index (χ0) is 28.6. The maximum Gasteiger partial charge on any atom is 0.251 e. The first-order valence-corrected chi connectivity index (χ1v) is 14.3. The molecule has 10 nitrogen and oxygen atoms in total. The number of piperazine rings is 1. The van der Waals surface area contributed by atoms with Gasteiger partial charge in [-0.2, -0.15) is 0 Å². The lowest BCUT2D eigenvalue weighted by Crippen LogP contribution is -2.49. The molecule has 0 bridgehead atoms. The largest absolute Gasteiger partial charge is 0.497 e. The first-order valence-electron chi connectivity index (χ1n) is 13.3. The molecule has 1 fully saturated rings. The molecule has 1 N–H and O–H groups in total. The summed E-state index contributed by atoms with van der Waals surface area (Å²) in [6, 6.07) is 24.6. The second-order valence-electron chi connectivity index (χ2n) is 9.31. The minimum Gasteiger partial charge on any atom is -0.497 e. The van der Waals surface area contributed by atoms with Crippen LogP contribution in [0.1, 0.15) is 16.2 Å². The summed E-state index contributed by atoms with van der Waals surface area (Å²) < 4.78 is 12.6. The van der Waals surface area contributed by atoms with E-state index in [9.17, 15) is 9.59 Å². The SMILES string of the molecule is COc1ccc(C(=O)NCc2nnc(SCC(=O)N3CCN(c4ccccc4)CC3)n2-c2ccccc2OC)cc1. The number of anilines is 1. The van der Waals surface area contributed by atoms with Crippen molar-refractivity contribution in [2.75, 3.05) is 51.1 Å². The average Bonchev–Trinajstić information content (AvgIpc) is 3.45. The Morgan fingerprint density at radius 3 is 2.27 bits per heavy atom. The molecule has 0 saturated carbocycles. The highest BCUT2D eigenvalue weighted by atomic mass is 32.2. The Morgan fingerprint density at radius 2 is 1.56 bits per heavy atom. The number of nitrogens with one attached hydrogen (secondary N) is 1. The number of methoxy groups -OCH3 is 2. The molecule has 3 aromatic carbocycles. The maximum absolute atomic E-state index is 13.1. The number of ether oxygens (including phenoxy) is 2. The van der Waals surface area contributed by atoms with Crippen LogP contribution in [-0.4, -0.2) is 77.6 Å². The maximum atomic E-state index is 13.1. The summed E-state index contributed by atoms with van der Waals surface area (Å²) in [7, 11) is 3.18. The molecule has 0 aliphatic carbocycles. The van der Waals surface area contributed by atoms with E-state index in [-0.39, 0.29) is 24.1 Å². The Hall–Kier alpha value is -4.51. The van der Waals surface area contributed by atoms with Gasteiger partial charge in [0, 0.05) is 37.4 Å². The van der Waals surface area contributed by atoms with Crippen molar-refractivity contribution in [2.45, 2.75) is 11.7 Å². The normalized spacial score (nSPS) is 13.1. The molecule has 0 spiro atoms. The van der Waals surface area contributed by atoms with Gasteiger partial charge in [0.05, 0.1) is 32.2 Å². The molecule has 0 atom stereocenters. The molecule has 0 radical (unpaired) electrons. The molecule has 1 saturated heterocycles. The van der Waals surface area contributed by atoms with Crippen molar-refractivity contribution in [3.8, 4) is 17.2 Å². The molecule has 212 valence electrons. The predicted octanol–water partition coefficient (Wildman–Crippen LogP) is 3.66. The van der Waals surface area contributed by atoms with Crippen molar-refractivity contribution in [2.24, 2.45) is 0 Å². The van der Waals surface area contributed by atoms with E-state index in [4.69, 9.17) is 9.47 Å². The summed E-state index contributed by atoms with van der Waals surface area (Å²) in [6.07, 6.45) is 0. The van der Waals surface area contributed by atoms with Gasteiger partial charge in [0.1, 0.15) is 11.5 Å². The fourth-order valence-electron chi connectivity index (χ4n) is 4.64. The summed E-state index contributed by atoms with van der Waals surface area (Å²) in [5.74, 6) is 1.83. The van der Waals surface area contributed by atoms with Crippen molar-refractivity contribution >= 4 is 29.3 Å². The van der Waals surface area contributed by atoms with Crippen LogP contribution < -0.4 is 19.7 Å². The zero-order valence-corrected chi connectivity index (χ0v) is 23.8. The molecule has 41 heavy (non-hydrogen) atoms. The monoisotopic (exact) mass is 572 g/mol. The lowest BCUT2D eigenvalue weighted by molar-refractivity contribution is -0.128. The number of hydrogen-bond acceptors (Lipinski definition) is 8. The van der Waals surface area contributed by atoms with Crippen molar-refractivity contribution in [1.82, 2.24) is 25.0 Å². The first-order chi connectivity index (χ1) is 20.1. The molecular weight excluding hydrogens is 540 g/mol. The van der Waals surface area contributed by atoms with Gasteiger partial charge in [-0.3, -0.25) is 14.2 Å². The molecule has 4 aromatic rings. The number of carbonyl (C=O) groups excluding carboxylic acids is 2. The number of nitrogens with zero attached hydrogens (tertiary/aromatic N) is 5. The van der Waals surface area contributed by atoms with E-state index in [1.54, 1.807) is 38.5 Å². The van der Waals surface area contributed by atoms with Crippen LogP contribution in [0.3, 0.4) is 0 Å². The highest BCUT2D eigenvalue weighted by Crippen LogP contribution is 2.29. The number of thioether (sulfide) groups is 1. The number of carbonyl (C=O) groups is 2. The minimum atomic E-state index is -0.249. The summed E-state index contributed by atoms with van der Waals surface area (Å²) >= 11 is 1.32. The number of amides is 2. The molecule has 2 amide bonds. The fourth-order valence-corrected chi connectivity index (χ4v) is 5.51. The Kier molecular flexibility index (Phi) is 9.05. The predicted molar refractivity (Wildman–Crippen MR) is 158 cm³/mol. The van der Waals surface area contributed by atoms with E-state index in [1.165, 1.54) is 17.4 Å². The summed E-state index contributed by atoms with van der Waals surface area (Å²) in [6.45, 7) is 3.03. The quantitative estimate of drug-likeness (QED) is 0.288. The van der Waals surface area contributed by atoms with Gasteiger partial charge in [-0.15, -0.1) is 10.2 Å². The van der Waals surface area contributed by atoms with Gasteiger partial charge in [-0.25, -0.2) is 0 Å². The van der Waals surface area contributed by atoms with Crippen molar-refractivity contribution in [1.29, 1.82) is 0 Å². The van der Waals surface area contributed by atoms with Crippen LogP contribution in [0.5, 0.6) is 11.5 Å². The Morgan fingerprint density at radius 1 is 0.854 bits per heavy atom. The molecule has 2 heterocycles. The van der Waals surface area contributed by atoms with Crippen molar-refractivity contribution in [3.63, 3.8) is 0 Å². The third-order valence-corrected chi connectivity index (χ3v) is 7.78. The molecule has 1 aliphatic rings. The molecular formula is C30H32N6O4S. The van der Waals surface area contributed by atoms with E-state index < -0.39 is 0 Å². The van der Waals surface area contributed by atoms with Gasteiger partial charge in [0.15, 0.2) is 11.0 Å². The Balaban J connectivity index is 1.27. The third-order valence-electron chi connectivity index (χ3n) is 6.86. The minimum absolute atomic E-state index is 0.0478. The molecule has 1 aliphatic heterocycles. The van der Waals surface area contributed by atoms with Crippen LogP contribution in [0.25, 0.3) is 5.69 Å². The lowest BCUT2D eigenvalue weighted by Gasteiger charge is -2.36. The van der Waals surface area contributed by atoms with E-state index in [2.05, 4.69) is 32.5 Å². The summed E-state index contributed by atoms with van der Waals surface area (Å²) in [4.78, 5) is 30.1. The molecule has 1 aromatic heterocycles. The van der Waals surface area contributed by atoms with Gasteiger partial charge < -0.3 is 24.6 Å². The number of rotatable bonds is 10. The molecule has 0 unspecified atom stereocenters. The van der Waals surface area contributed by atoms with Crippen LogP contribution in [-0.2, 0) is 11.3 Å². The number of para-hydroxylation sites is 3. The van der Waals surface area contributed by atoms with Crippen molar-refractivity contribution in [3.05, 3.63) is 90.3 Å². The Bertz CT molecular complexity index is 1470. The molecule has 5 rings (SSSR count). The van der Waals surface area contributed by atoms with Crippen LogP contribution in [0.2, 0.25) is 0 Å². The first kappa shape index (κ1) is 28.0. The van der Waals surface area contributed by atoms with E-state index >= 15 is 0 Å². The zero-order valence-electron chi connectivity index (χ0n) is 23.0. The number of hydrogen-bond donors (Lipinski definition) is 1. The number of benzene rings is 3. The average molecular weight is 573 g/mol. The second kappa shape index (κ2) is 13.2. The van der Waals surface area contributed by atoms with Crippen molar-refractivity contribution < 1.29 is 19.1 Å². The third kappa shape index (κ3) is 6.63.